The van der Waals surface area contributed by atoms with Crippen LogP contribution in [0.4, 0.5) is 0 Å². The fourth-order valence-electron chi connectivity index (χ4n) is 2.47. The van der Waals surface area contributed by atoms with Crippen LogP contribution in [-0.2, 0) is 6.54 Å². The van der Waals surface area contributed by atoms with Crippen molar-refractivity contribution in [1.29, 1.82) is 0 Å². The predicted molar refractivity (Wildman–Crippen MR) is 86.7 cm³/mol. The average Bonchev–Trinajstić information content (AvgIpc) is 2.47. The number of ether oxygens (including phenoxy) is 1. The van der Waals surface area contributed by atoms with Crippen molar-refractivity contribution in [3.63, 3.8) is 0 Å². The molecule has 3 heteroatoms. The molecule has 0 aliphatic carbocycles. The highest BCUT2D eigenvalue weighted by atomic mass is 16.5. The van der Waals surface area contributed by atoms with Crippen LogP contribution in [0.2, 0.25) is 0 Å². The minimum Gasteiger partial charge on any atom is -0.496 e. The molecule has 1 N–H and O–H groups in total. The summed E-state index contributed by atoms with van der Waals surface area (Å²) in [5.41, 5.74) is 5.80. The number of methoxy groups -OCH3 is 1. The number of rotatable bonds is 5. The van der Waals surface area contributed by atoms with Gasteiger partial charge in [-0.2, -0.15) is 0 Å². The van der Waals surface area contributed by atoms with E-state index in [0.717, 1.165) is 29.1 Å². The van der Waals surface area contributed by atoms with Crippen LogP contribution >= 0.6 is 0 Å². The molecule has 0 fully saturated rings. The smallest absolute Gasteiger partial charge is 0.128 e. The maximum Gasteiger partial charge on any atom is 0.128 e. The summed E-state index contributed by atoms with van der Waals surface area (Å²) in [7, 11) is 1.71. The minimum atomic E-state index is 0.291. The Kier molecular flexibility index (Phi) is 4.97. The minimum absolute atomic E-state index is 0.291. The van der Waals surface area contributed by atoms with Crippen LogP contribution in [-0.4, -0.2) is 12.1 Å². The Morgan fingerprint density at radius 3 is 2.43 bits per heavy atom. The summed E-state index contributed by atoms with van der Waals surface area (Å²) >= 11 is 0. The standard InChI is InChI=1S/C18H24N2O/c1-12-6-8-16(9-7-12)15(4)19-11-17-14(3)18(21-5)13(2)10-20-17/h6-10,15,19H,11H2,1-5H3/t15-/m0/s1. The molecule has 2 aromatic rings. The lowest BCUT2D eigenvalue weighted by Crippen LogP contribution is -2.19. The van der Waals surface area contributed by atoms with Gasteiger partial charge in [0, 0.05) is 29.9 Å². The SMILES string of the molecule is COc1c(C)cnc(CN[C@@H](C)c2ccc(C)cc2)c1C. The number of hydrogen-bond acceptors (Lipinski definition) is 3. The number of aryl methyl sites for hydroxylation is 2. The molecule has 0 unspecified atom stereocenters. The van der Waals surface area contributed by atoms with Gasteiger partial charge in [0.15, 0.2) is 0 Å². The lowest BCUT2D eigenvalue weighted by Gasteiger charge is -2.17. The van der Waals surface area contributed by atoms with Crippen molar-refractivity contribution in [1.82, 2.24) is 10.3 Å². The molecule has 0 bridgehead atoms. The Morgan fingerprint density at radius 1 is 1.14 bits per heavy atom. The Balaban J connectivity index is 2.08. The van der Waals surface area contributed by atoms with E-state index in [1.165, 1.54) is 11.1 Å². The van der Waals surface area contributed by atoms with Crippen LogP contribution in [0, 0.1) is 20.8 Å². The molecule has 0 saturated heterocycles. The predicted octanol–water partition coefficient (Wildman–Crippen LogP) is 3.87. The Hall–Kier alpha value is -1.87. The first-order valence-electron chi connectivity index (χ1n) is 7.32. The van der Waals surface area contributed by atoms with Crippen LogP contribution in [0.1, 0.15) is 40.9 Å². The first-order valence-corrected chi connectivity index (χ1v) is 7.32. The molecule has 3 nitrogen and oxygen atoms in total. The fourth-order valence-corrected chi connectivity index (χ4v) is 2.47. The highest BCUT2D eigenvalue weighted by Crippen LogP contribution is 2.24. The Bertz CT molecular complexity index is 605. The van der Waals surface area contributed by atoms with Crippen molar-refractivity contribution < 1.29 is 4.74 Å². The highest BCUT2D eigenvalue weighted by molar-refractivity contribution is 5.41. The topological polar surface area (TPSA) is 34.1 Å². The second kappa shape index (κ2) is 6.72. The van der Waals surface area contributed by atoms with E-state index in [9.17, 15) is 0 Å². The Labute approximate surface area is 127 Å². The molecular formula is C18H24N2O. The fraction of sp³-hybridized carbons (Fsp3) is 0.389. The van der Waals surface area contributed by atoms with Crippen molar-refractivity contribution in [3.05, 3.63) is 58.4 Å². The van der Waals surface area contributed by atoms with Crippen LogP contribution in [0.25, 0.3) is 0 Å². The number of aromatic nitrogens is 1. The van der Waals surface area contributed by atoms with Gasteiger partial charge in [-0.1, -0.05) is 29.8 Å². The van der Waals surface area contributed by atoms with Crippen molar-refractivity contribution in [3.8, 4) is 5.75 Å². The largest absolute Gasteiger partial charge is 0.496 e. The number of hydrogen-bond donors (Lipinski definition) is 1. The van der Waals surface area contributed by atoms with E-state index in [2.05, 4.69) is 55.3 Å². The summed E-state index contributed by atoms with van der Waals surface area (Å²) in [6, 6.07) is 8.92. The van der Waals surface area contributed by atoms with Gasteiger partial charge in [0.1, 0.15) is 5.75 Å². The number of benzene rings is 1. The molecule has 0 saturated carbocycles. The zero-order chi connectivity index (χ0) is 15.4. The molecule has 0 spiro atoms. The van der Waals surface area contributed by atoms with Gasteiger partial charge in [0.05, 0.1) is 12.8 Å². The maximum atomic E-state index is 5.45. The van der Waals surface area contributed by atoms with Gasteiger partial charge in [-0.05, 0) is 33.3 Å². The van der Waals surface area contributed by atoms with Gasteiger partial charge in [-0.3, -0.25) is 4.98 Å². The second-order valence-corrected chi connectivity index (χ2v) is 5.56. The van der Waals surface area contributed by atoms with Gasteiger partial charge < -0.3 is 10.1 Å². The zero-order valence-electron chi connectivity index (χ0n) is 13.5. The van der Waals surface area contributed by atoms with Crippen LogP contribution < -0.4 is 10.1 Å². The van der Waals surface area contributed by atoms with E-state index in [-0.39, 0.29) is 0 Å². The van der Waals surface area contributed by atoms with Gasteiger partial charge >= 0.3 is 0 Å². The molecule has 2 rings (SSSR count). The number of nitrogens with zero attached hydrogens (tertiary/aromatic N) is 1. The lowest BCUT2D eigenvalue weighted by atomic mass is 10.1. The van der Waals surface area contributed by atoms with Crippen LogP contribution in [0.3, 0.4) is 0 Å². The van der Waals surface area contributed by atoms with E-state index >= 15 is 0 Å². The molecule has 1 atom stereocenters. The first kappa shape index (κ1) is 15.5. The maximum absolute atomic E-state index is 5.45. The summed E-state index contributed by atoms with van der Waals surface area (Å²) in [6.07, 6.45) is 1.87. The molecule has 1 aromatic heterocycles. The van der Waals surface area contributed by atoms with E-state index in [0.29, 0.717) is 6.04 Å². The molecular weight excluding hydrogens is 260 g/mol. The summed E-state index contributed by atoms with van der Waals surface area (Å²) in [4.78, 5) is 4.52. The van der Waals surface area contributed by atoms with Crippen molar-refractivity contribution in [2.45, 2.75) is 40.3 Å². The average molecular weight is 284 g/mol. The summed E-state index contributed by atoms with van der Waals surface area (Å²) in [5, 5.41) is 3.53. The van der Waals surface area contributed by atoms with Gasteiger partial charge in [0.2, 0.25) is 0 Å². The molecule has 0 aliphatic rings. The molecule has 21 heavy (non-hydrogen) atoms. The third-order valence-corrected chi connectivity index (χ3v) is 3.90. The van der Waals surface area contributed by atoms with E-state index in [1.807, 2.05) is 13.1 Å². The molecule has 1 aromatic carbocycles. The molecule has 1 heterocycles. The summed E-state index contributed by atoms with van der Waals surface area (Å²) in [6.45, 7) is 9.09. The van der Waals surface area contributed by atoms with E-state index in [4.69, 9.17) is 4.74 Å². The first-order chi connectivity index (χ1) is 10.0. The third-order valence-electron chi connectivity index (χ3n) is 3.90. The number of pyridine rings is 1. The van der Waals surface area contributed by atoms with Crippen molar-refractivity contribution in [2.24, 2.45) is 0 Å². The normalized spacial score (nSPS) is 12.2. The van der Waals surface area contributed by atoms with Crippen molar-refractivity contribution >= 4 is 0 Å². The van der Waals surface area contributed by atoms with Gasteiger partial charge in [-0.25, -0.2) is 0 Å². The summed E-state index contributed by atoms with van der Waals surface area (Å²) in [5.74, 6) is 0.935. The zero-order valence-corrected chi connectivity index (χ0v) is 13.5. The number of nitrogens with one attached hydrogen (secondary N) is 1. The van der Waals surface area contributed by atoms with Crippen molar-refractivity contribution in [2.75, 3.05) is 7.11 Å². The third kappa shape index (κ3) is 3.61. The monoisotopic (exact) mass is 284 g/mol. The second-order valence-electron chi connectivity index (χ2n) is 5.56. The lowest BCUT2D eigenvalue weighted by molar-refractivity contribution is 0.406. The molecule has 0 radical (unpaired) electrons. The quantitative estimate of drug-likeness (QED) is 0.905. The highest BCUT2D eigenvalue weighted by Gasteiger charge is 2.11. The summed E-state index contributed by atoms with van der Waals surface area (Å²) < 4.78 is 5.45. The van der Waals surface area contributed by atoms with E-state index < -0.39 is 0 Å². The van der Waals surface area contributed by atoms with Crippen LogP contribution in [0.5, 0.6) is 5.75 Å². The van der Waals surface area contributed by atoms with Gasteiger partial charge in [-0.15, -0.1) is 0 Å². The Morgan fingerprint density at radius 2 is 1.81 bits per heavy atom. The van der Waals surface area contributed by atoms with Crippen LogP contribution in [0.15, 0.2) is 30.5 Å². The molecule has 0 amide bonds. The van der Waals surface area contributed by atoms with Gasteiger partial charge in [0.25, 0.3) is 0 Å². The van der Waals surface area contributed by atoms with E-state index in [1.54, 1.807) is 7.11 Å². The molecule has 0 aliphatic heterocycles. The molecule has 112 valence electrons.